The lowest BCUT2D eigenvalue weighted by molar-refractivity contribution is 0.163. The Morgan fingerprint density at radius 1 is 1.29 bits per heavy atom. The summed E-state index contributed by atoms with van der Waals surface area (Å²) in [7, 11) is 0.911. The summed E-state index contributed by atoms with van der Waals surface area (Å²) in [5, 5.41) is 1.44. The van der Waals surface area contributed by atoms with E-state index < -0.39 is 0 Å². The van der Waals surface area contributed by atoms with E-state index in [-0.39, 0.29) is 0 Å². The predicted octanol–water partition coefficient (Wildman–Crippen LogP) is 2.03. The number of rotatable bonds is 7. The first kappa shape index (κ1) is 11.2. The van der Waals surface area contributed by atoms with E-state index in [4.69, 9.17) is 4.74 Å². The minimum Gasteiger partial charge on any atom is -0.377 e. The first-order valence-corrected chi connectivity index (χ1v) is 6.12. The topological polar surface area (TPSA) is 9.23 Å². The van der Waals surface area contributed by atoms with E-state index in [1.807, 2.05) is 0 Å². The van der Waals surface area contributed by atoms with Crippen LogP contribution in [-0.2, 0) is 4.74 Å². The van der Waals surface area contributed by atoms with Gasteiger partial charge in [-0.25, -0.2) is 0 Å². The van der Waals surface area contributed by atoms with Crippen molar-refractivity contribution in [3.05, 3.63) is 43.0 Å². The van der Waals surface area contributed by atoms with Gasteiger partial charge >= 0.3 is 0 Å². The summed E-state index contributed by atoms with van der Waals surface area (Å²) in [5.41, 5.74) is 0. The van der Waals surface area contributed by atoms with E-state index in [0.717, 1.165) is 22.5 Å². The average molecular weight is 204 g/mol. The zero-order chi connectivity index (χ0) is 10.1. The lowest BCUT2D eigenvalue weighted by Crippen LogP contribution is -2.13. The Labute approximate surface area is 88.6 Å². The number of hydrogen-bond acceptors (Lipinski definition) is 1. The Morgan fingerprint density at radius 3 is 2.79 bits per heavy atom. The van der Waals surface area contributed by atoms with Crippen LogP contribution in [0.3, 0.4) is 0 Å². The van der Waals surface area contributed by atoms with E-state index >= 15 is 0 Å². The quantitative estimate of drug-likeness (QED) is 0.375. The fraction of sp³-hybridized carbons (Fsp3) is 0.333. The second-order valence-corrected chi connectivity index (χ2v) is 4.44. The summed E-state index contributed by atoms with van der Waals surface area (Å²) in [6.07, 6.45) is 2.93. The normalized spacial score (nSPS) is 10.0. The molecule has 0 aliphatic carbocycles. The Kier molecular flexibility index (Phi) is 6.03. The molecule has 0 spiro atoms. The summed E-state index contributed by atoms with van der Waals surface area (Å²) in [4.78, 5) is 0. The van der Waals surface area contributed by atoms with Crippen molar-refractivity contribution in [2.24, 2.45) is 0 Å². The maximum atomic E-state index is 5.31. The van der Waals surface area contributed by atoms with E-state index in [1.54, 1.807) is 6.08 Å². The number of ether oxygens (including phenoxy) is 1. The van der Waals surface area contributed by atoms with Crippen LogP contribution in [0, 0.1) is 0 Å². The van der Waals surface area contributed by atoms with Gasteiger partial charge in [0.1, 0.15) is 0 Å². The molecule has 0 aliphatic heterocycles. The molecule has 0 unspecified atom stereocenters. The molecule has 1 rings (SSSR count). The van der Waals surface area contributed by atoms with Gasteiger partial charge in [0.05, 0.1) is 16.1 Å². The van der Waals surface area contributed by atoms with E-state index in [2.05, 4.69) is 36.9 Å². The second kappa shape index (κ2) is 7.53. The summed E-state index contributed by atoms with van der Waals surface area (Å²) in [6.45, 7) is 5.13. The molecule has 0 atom stereocenters. The zero-order valence-electron chi connectivity index (χ0n) is 8.41. The van der Waals surface area contributed by atoms with E-state index in [1.165, 1.54) is 11.2 Å². The third kappa shape index (κ3) is 4.99. The summed E-state index contributed by atoms with van der Waals surface area (Å²) >= 11 is 0. The molecule has 0 bridgehead atoms. The van der Waals surface area contributed by atoms with Gasteiger partial charge in [-0.1, -0.05) is 47.6 Å². The van der Waals surface area contributed by atoms with Crippen molar-refractivity contribution >= 4 is 14.7 Å². The highest BCUT2D eigenvalue weighted by molar-refractivity contribution is 6.53. The highest BCUT2D eigenvalue weighted by atomic mass is 28.2. The highest BCUT2D eigenvalue weighted by Crippen LogP contribution is 1.91. The molecule has 0 heterocycles. The second-order valence-electron chi connectivity index (χ2n) is 3.01. The van der Waals surface area contributed by atoms with Crippen LogP contribution in [0.4, 0.5) is 0 Å². The van der Waals surface area contributed by atoms with Gasteiger partial charge in [0, 0.05) is 6.61 Å². The fourth-order valence-corrected chi connectivity index (χ4v) is 2.17. The van der Waals surface area contributed by atoms with Crippen LogP contribution in [0.5, 0.6) is 0 Å². The highest BCUT2D eigenvalue weighted by Gasteiger charge is 1.93. The molecule has 0 fully saturated rings. The zero-order valence-corrected chi connectivity index (χ0v) is 9.41. The summed E-state index contributed by atoms with van der Waals surface area (Å²) in [5.74, 6) is 0. The van der Waals surface area contributed by atoms with Crippen LogP contribution in [0.25, 0.3) is 0 Å². The van der Waals surface area contributed by atoms with Gasteiger partial charge < -0.3 is 4.74 Å². The average Bonchev–Trinajstić information content (AvgIpc) is 2.25. The third-order valence-electron chi connectivity index (χ3n) is 1.80. The van der Waals surface area contributed by atoms with Crippen molar-refractivity contribution in [1.82, 2.24) is 0 Å². The molecular formula is C12H16OSi. The molecule has 0 amide bonds. The fourth-order valence-electron chi connectivity index (χ4n) is 1.13. The molecule has 0 aromatic heterocycles. The van der Waals surface area contributed by atoms with Crippen LogP contribution >= 0.6 is 0 Å². The Morgan fingerprint density at radius 2 is 2.07 bits per heavy atom. The summed E-state index contributed by atoms with van der Waals surface area (Å²) in [6, 6.07) is 11.8. The molecule has 0 aliphatic rings. The van der Waals surface area contributed by atoms with Gasteiger partial charge in [-0.05, 0) is 6.42 Å². The molecule has 0 saturated carbocycles. The molecule has 2 heteroatoms. The molecule has 14 heavy (non-hydrogen) atoms. The van der Waals surface area contributed by atoms with Gasteiger partial charge in [-0.3, -0.25) is 0 Å². The number of hydrogen-bond donors (Lipinski definition) is 0. The van der Waals surface area contributed by atoms with Crippen molar-refractivity contribution in [3.63, 3.8) is 0 Å². The summed E-state index contributed by atoms with van der Waals surface area (Å²) < 4.78 is 5.31. The predicted molar refractivity (Wildman–Crippen MR) is 62.3 cm³/mol. The molecule has 0 N–H and O–H groups in total. The van der Waals surface area contributed by atoms with Crippen molar-refractivity contribution in [3.8, 4) is 0 Å². The lowest BCUT2D eigenvalue weighted by Gasteiger charge is -2.00. The molecular weight excluding hydrogens is 188 g/mol. The SMILES string of the molecule is C=CCOCCC[Si]c1ccccc1. The molecule has 1 aromatic carbocycles. The Hall–Kier alpha value is -0.863. The molecule has 74 valence electrons. The van der Waals surface area contributed by atoms with E-state index in [9.17, 15) is 0 Å². The van der Waals surface area contributed by atoms with Crippen molar-refractivity contribution in [2.75, 3.05) is 13.2 Å². The maximum absolute atomic E-state index is 5.31. The Bertz CT molecular complexity index is 246. The van der Waals surface area contributed by atoms with Gasteiger partial charge in [-0.15, -0.1) is 6.58 Å². The minimum absolute atomic E-state index is 0.675. The molecule has 1 nitrogen and oxygen atoms in total. The maximum Gasteiger partial charge on any atom is 0.0808 e. The van der Waals surface area contributed by atoms with Crippen LogP contribution in [-0.4, -0.2) is 22.7 Å². The number of benzene rings is 1. The monoisotopic (exact) mass is 204 g/mol. The molecule has 0 saturated heterocycles. The van der Waals surface area contributed by atoms with Crippen LogP contribution < -0.4 is 5.19 Å². The smallest absolute Gasteiger partial charge is 0.0808 e. The van der Waals surface area contributed by atoms with Crippen LogP contribution in [0.15, 0.2) is 43.0 Å². The third-order valence-corrected chi connectivity index (χ3v) is 3.15. The molecule has 2 radical (unpaired) electrons. The lowest BCUT2D eigenvalue weighted by atomic mass is 10.4. The van der Waals surface area contributed by atoms with Crippen molar-refractivity contribution in [2.45, 2.75) is 12.5 Å². The van der Waals surface area contributed by atoms with Crippen molar-refractivity contribution < 1.29 is 4.74 Å². The largest absolute Gasteiger partial charge is 0.377 e. The van der Waals surface area contributed by atoms with Gasteiger partial charge in [-0.2, -0.15) is 0 Å². The Balaban J connectivity index is 2.02. The van der Waals surface area contributed by atoms with Crippen molar-refractivity contribution in [1.29, 1.82) is 0 Å². The van der Waals surface area contributed by atoms with Gasteiger partial charge in [0.15, 0.2) is 0 Å². The van der Waals surface area contributed by atoms with Crippen LogP contribution in [0.2, 0.25) is 6.04 Å². The minimum atomic E-state index is 0.675. The first-order valence-electron chi connectivity index (χ1n) is 4.91. The van der Waals surface area contributed by atoms with E-state index in [0.29, 0.717) is 6.61 Å². The van der Waals surface area contributed by atoms with Gasteiger partial charge in [0.25, 0.3) is 0 Å². The standard InChI is InChI=1S/C12H16OSi/c1-2-9-13-10-6-11-14-12-7-4-3-5-8-12/h2-5,7-8H,1,6,9-11H2. The van der Waals surface area contributed by atoms with Gasteiger partial charge in [0.2, 0.25) is 0 Å². The first-order chi connectivity index (χ1) is 6.93. The molecule has 1 aromatic rings. The van der Waals surface area contributed by atoms with Crippen LogP contribution in [0.1, 0.15) is 6.42 Å².